The van der Waals surface area contributed by atoms with Gasteiger partial charge >= 0.3 is 6.03 Å². The molecular weight excluding hydrogens is 226 g/mol. The summed E-state index contributed by atoms with van der Waals surface area (Å²) in [4.78, 5) is 16.3. The normalized spacial score (nSPS) is 18.2. The Kier molecular flexibility index (Phi) is 5.45. The maximum absolute atomic E-state index is 11.9. The summed E-state index contributed by atoms with van der Waals surface area (Å²) in [5.41, 5.74) is 0.209. The molecule has 1 saturated heterocycles. The molecule has 2 amide bonds. The molecule has 0 atom stereocenters. The maximum Gasteiger partial charge on any atom is 0.317 e. The van der Waals surface area contributed by atoms with Crippen LogP contribution in [0.1, 0.15) is 41.0 Å². The lowest BCUT2D eigenvalue weighted by atomic mass is 10.1. The van der Waals surface area contributed by atoms with E-state index in [1.807, 2.05) is 4.90 Å². The number of rotatable bonds is 3. The maximum atomic E-state index is 11.9. The fourth-order valence-electron chi connectivity index (χ4n) is 2.16. The molecule has 1 heterocycles. The van der Waals surface area contributed by atoms with Gasteiger partial charge < -0.3 is 10.2 Å². The van der Waals surface area contributed by atoms with Crippen LogP contribution < -0.4 is 5.32 Å². The second-order valence-corrected chi connectivity index (χ2v) is 6.56. The van der Waals surface area contributed by atoms with Gasteiger partial charge in [0.15, 0.2) is 0 Å². The molecule has 0 aromatic carbocycles. The number of amides is 2. The number of nitrogens with zero attached hydrogens (tertiary/aromatic N) is 2. The summed E-state index contributed by atoms with van der Waals surface area (Å²) >= 11 is 0. The minimum absolute atomic E-state index is 0.101. The van der Waals surface area contributed by atoms with E-state index in [-0.39, 0.29) is 11.6 Å². The first-order valence-electron chi connectivity index (χ1n) is 7.08. The molecule has 0 unspecified atom stereocenters. The summed E-state index contributed by atoms with van der Waals surface area (Å²) in [7, 11) is 0. The first kappa shape index (κ1) is 15.3. The van der Waals surface area contributed by atoms with Crippen LogP contribution in [0.2, 0.25) is 0 Å². The van der Waals surface area contributed by atoms with Crippen molar-refractivity contribution in [1.82, 2.24) is 15.1 Å². The second-order valence-electron chi connectivity index (χ2n) is 6.56. The number of hydrogen-bond donors (Lipinski definition) is 1. The molecule has 1 rings (SSSR count). The average molecular weight is 255 g/mol. The van der Waals surface area contributed by atoms with Crippen molar-refractivity contribution in [3.8, 4) is 0 Å². The van der Waals surface area contributed by atoms with Gasteiger partial charge in [-0.25, -0.2) is 4.79 Å². The number of carbonyl (C=O) groups is 1. The van der Waals surface area contributed by atoms with Gasteiger partial charge in [-0.3, -0.25) is 4.90 Å². The summed E-state index contributed by atoms with van der Waals surface area (Å²) < 4.78 is 0. The van der Waals surface area contributed by atoms with Crippen LogP contribution in [0.25, 0.3) is 0 Å². The van der Waals surface area contributed by atoms with Gasteiger partial charge in [0.05, 0.1) is 0 Å². The lowest BCUT2D eigenvalue weighted by molar-refractivity contribution is 0.0743. The van der Waals surface area contributed by atoms with E-state index < -0.39 is 0 Å². The Bertz CT molecular complexity index is 263. The minimum Gasteiger partial charge on any atom is -0.338 e. The van der Waals surface area contributed by atoms with E-state index in [1.165, 1.54) is 0 Å². The molecule has 0 aromatic heterocycles. The van der Waals surface area contributed by atoms with Crippen LogP contribution >= 0.6 is 0 Å². The lowest BCUT2D eigenvalue weighted by Gasteiger charge is -2.42. The van der Waals surface area contributed by atoms with E-state index in [2.05, 4.69) is 44.8 Å². The molecule has 4 nitrogen and oxygen atoms in total. The van der Waals surface area contributed by atoms with Crippen LogP contribution in [0.4, 0.5) is 4.79 Å². The SMILES string of the molecule is CC(C)CCNC(=O)N1CCN(C(C)(C)C)CC1. The van der Waals surface area contributed by atoms with Crippen molar-refractivity contribution >= 4 is 6.03 Å². The van der Waals surface area contributed by atoms with Crippen LogP contribution in [0.5, 0.6) is 0 Å². The van der Waals surface area contributed by atoms with Crippen molar-refractivity contribution < 1.29 is 4.79 Å². The van der Waals surface area contributed by atoms with Crippen molar-refractivity contribution in [2.75, 3.05) is 32.7 Å². The number of piperazine rings is 1. The van der Waals surface area contributed by atoms with Crippen LogP contribution in [0.3, 0.4) is 0 Å². The van der Waals surface area contributed by atoms with E-state index in [1.54, 1.807) is 0 Å². The summed E-state index contributed by atoms with van der Waals surface area (Å²) in [6, 6.07) is 0.101. The third kappa shape index (κ3) is 4.84. The average Bonchev–Trinajstić information content (AvgIpc) is 2.27. The highest BCUT2D eigenvalue weighted by Crippen LogP contribution is 2.15. The molecule has 106 valence electrons. The number of hydrogen-bond acceptors (Lipinski definition) is 2. The summed E-state index contributed by atoms with van der Waals surface area (Å²) in [5.74, 6) is 0.642. The first-order valence-corrected chi connectivity index (χ1v) is 7.08. The van der Waals surface area contributed by atoms with Crippen molar-refractivity contribution in [1.29, 1.82) is 0 Å². The summed E-state index contributed by atoms with van der Waals surface area (Å²) in [5, 5.41) is 3.01. The standard InChI is InChI=1S/C14H29N3O/c1-12(2)6-7-15-13(18)16-8-10-17(11-9-16)14(3,4)5/h12H,6-11H2,1-5H3,(H,15,18). The predicted molar refractivity (Wildman–Crippen MR) is 75.8 cm³/mol. The second kappa shape index (κ2) is 6.41. The molecule has 1 aliphatic rings. The van der Waals surface area contributed by atoms with Gasteiger partial charge in [0.1, 0.15) is 0 Å². The highest BCUT2D eigenvalue weighted by Gasteiger charge is 2.27. The van der Waals surface area contributed by atoms with Crippen LogP contribution in [-0.4, -0.2) is 54.1 Å². The van der Waals surface area contributed by atoms with E-state index in [4.69, 9.17) is 0 Å². The number of nitrogens with one attached hydrogen (secondary N) is 1. The zero-order valence-electron chi connectivity index (χ0n) is 12.6. The molecule has 4 heteroatoms. The van der Waals surface area contributed by atoms with E-state index in [9.17, 15) is 4.79 Å². The minimum atomic E-state index is 0.101. The Morgan fingerprint density at radius 1 is 1.17 bits per heavy atom. The molecule has 1 fully saturated rings. The molecule has 0 radical (unpaired) electrons. The fraction of sp³-hybridized carbons (Fsp3) is 0.929. The van der Waals surface area contributed by atoms with E-state index in [0.29, 0.717) is 5.92 Å². The first-order chi connectivity index (χ1) is 8.30. The van der Waals surface area contributed by atoms with Gasteiger partial charge in [0.2, 0.25) is 0 Å². The Morgan fingerprint density at radius 2 is 1.72 bits per heavy atom. The predicted octanol–water partition coefficient (Wildman–Crippen LogP) is 2.16. The summed E-state index contributed by atoms with van der Waals surface area (Å²) in [6.45, 7) is 15.4. The summed E-state index contributed by atoms with van der Waals surface area (Å²) in [6.07, 6.45) is 1.05. The van der Waals surface area contributed by atoms with Crippen molar-refractivity contribution in [3.63, 3.8) is 0 Å². The van der Waals surface area contributed by atoms with Gasteiger partial charge in [-0.05, 0) is 33.1 Å². The van der Waals surface area contributed by atoms with Crippen molar-refractivity contribution in [2.45, 2.75) is 46.6 Å². The molecule has 1 aliphatic heterocycles. The van der Waals surface area contributed by atoms with Gasteiger partial charge in [0, 0.05) is 38.3 Å². The Hall–Kier alpha value is -0.770. The zero-order valence-corrected chi connectivity index (χ0v) is 12.6. The van der Waals surface area contributed by atoms with Crippen LogP contribution in [0.15, 0.2) is 0 Å². The number of urea groups is 1. The Balaban J connectivity index is 2.28. The van der Waals surface area contributed by atoms with Gasteiger partial charge in [-0.15, -0.1) is 0 Å². The molecule has 0 bridgehead atoms. The van der Waals surface area contributed by atoms with E-state index in [0.717, 1.165) is 39.1 Å². The van der Waals surface area contributed by atoms with Crippen LogP contribution in [-0.2, 0) is 0 Å². The Morgan fingerprint density at radius 3 is 2.17 bits per heavy atom. The zero-order chi connectivity index (χ0) is 13.8. The molecule has 0 saturated carbocycles. The smallest absolute Gasteiger partial charge is 0.317 e. The monoisotopic (exact) mass is 255 g/mol. The number of carbonyl (C=O) groups excluding carboxylic acids is 1. The molecule has 0 aromatic rings. The molecular formula is C14H29N3O. The van der Waals surface area contributed by atoms with Crippen LogP contribution in [0, 0.1) is 5.92 Å². The van der Waals surface area contributed by atoms with Crippen molar-refractivity contribution in [2.24, 2.45) is 5.92 Å². The molecule has 1 N–H and O–H groups in total. The fourth-order valence-corrected chi connectivity index (χ4v) is 2.16. The largest absolute Gasteiger partial charge is 0.338 e. The quantitative estimate of drug-likeness (QED) is 0.839. The highest BCUT2D eigenvalue weighted by molar-refractivity contribution is 5.74. The molecule has 0 spiro atoms. The lowest BCUT2D eigenvalue weighted by Crippen LogP contribution is -2.56. The van der Waals surface area contributed by atoms with Gasteiger partial charge in [0.25, 0.3) is 0 Å². The third-order valence-corrected chi connectivity index (χ3v) is 3.51. The van der Waals surface area contributed by atoms with Crippen molar-refractivity contribution in [3.05, 3.63) is 0 Å². The highest BCUT2D eigenvalue weighted by atomic mass is 16.2. The van der Waals surface area contributed by atoms with Gasteiger partial charge in [-0.2, -0.15) is 0 Å². The Labute approximate surface area is 112 Å². The van der Waals surface area contributed by atoms with Gasteiger partial charge in [-0.1, -0.05) is 13.8 Å². The third-order valence-electron chi connectivity index (χ3n) is 3.51. The molecule has 18 heavy (non-hydrogen) atoms. The van der Waals surface area contributed by atoms with E-state index >= 15 is 0 Å². The topological polar surface area (TPSA) is 35.6 Å². The molecule has 0 aliphatic carbocycles.